The van der Waals surface area contributed by atoms with Crippen LogP contribution in [0.1, 0.15) is 113 Å². The molecule has 272 valence electrons. The molecule has 49 heavy (non-hydrogen) atoms. The molecular formula is C42H64O6Si. The maximum absolute atomic E-state index is 12.9. The van der Waals surface area contributed by atoms with Crippen LogP contribution in [0.2, 0.25) is 5.04 Å². The lowest BCUT2D eigenvalue weighted by molar-refractivity contribution is -0.302. The van der Waals surface area contributed by atoms with Crippen LogP contribution in [-0.2, 0) is 23.4 Å². The number of carbonyl (C=O) groups excluding carboxylic acids is 1. The summed E-state index contributed by atoms with van der Waals surface area (Å²) in [6.45, 7) is 18.0. The van der Waals surface area contributed by atoms with Gasteiger partial charge in [0.25, 0.3) is 8.32 Å². The number of rotatable bonds is 12. The van der Waals surface area contributed by atoms with E-state index in [2.05, 4.69) is 88.4 Å². The van der Waals surface area contributed by atoms with Gasteiger partial charge < -0.3 is 23.7 Å². The average Bonchev–Trinajstić information content (AvgIpc) is 3.05. The SMILES string of the molecule is CC[C@@H](C)C(=O)O[C@H]1C[C@H](O)C[C@@H]2CC[C@H](C)[C@H](CC[C@H]3C[C@@H](CCO[Si](c4ccccc4)(c4ccccc4)C(C)(C)C)OC(C)(C)O3)[C@H]21. The molecule has 5 rings (SSSR count). The van der Waals surface area contributed by atoms with E-state index in [0.717, 1.165) is 51.4 Å². The summed E-state index contributed by atoms with van der Waals surface area (Å²) in [4.78, 5) is 12.9. The van der Waals surface area contributed by atoms with Gasteiger partial charge in [0.15, 0.2) is 5.79 Å². The van der Waals surface area contributed by atoms with Gasteiger partial charge in [0.1, 0.15) is 6.10 Å². The number of fused-ring (bicyclic) bond motifs is 1. The van der Waals surface area contributed by atoms with E-state index in [1.165, 1.54) is 10.4 Å². The summed E-state index contributed by atoms with van der Waals surface area (Å²) in [5.74, 6) is 0.774. The van der Waals surface area contributed by atoms with Crippen molar-refractivity contribution in [1.82, 2.24) is 0 Å². The van der Waals surface area contributed by atoms with Crippen LogP contribution in [0.5, 0.6) is 0 Å². The molecule has 2 saturated carbocycles. The molecule has 9 atom stereocenters. The molecule has 0 amide bonds. The van der Waals surface area contributed by atoms with Crippen molar-refractivity contribution in [2.75, 3.05) is 6.61 Å². The quantitative estimate of drug-likeness (QED) is 0.179. The van der Waals surface area contributed by atoms with Gasteiger partial charge in [-0.25, -0.2) is 0 Å². The third kappa shape index (κ3) is 8.89. The third-order valence-electron chi connectivity index (χ3n) is 12.0. The number of benzene rings is 2. The fourth-order valence-electron chi connectivity index (χ4n) is 9.43. The monoisotopic (exact) mass is 692 g/mol. The summed E-state index contributed by atoms with van der Waals surface area (Å²) in [6, 6.07) is 21.7. The van der Waals surface area contributed by atoms with Gasteiger partial charge in [0.05, 0.1) is 24.2 Å². The van der Waals surface area contributed by atoms with Gasteiger partial charge in [-0.05, 0) is 85.5 Å². The van der Waals surface area contributed by atoms with Crippen molar-refractivity contribution in [3.8, 4) is 0 Å². The molecule has 3 fully saturated rings. The molecule has 6 nitrogen and oxygen atoms in total. The summed E-state index contributed by atoms with van der Waals surface area (Å²) < 4.78 is 26.6. The molecule has 7 heteroatoms. The Labute approximate surface area is 297 Å². The Balaban J connectivity index is 1.27. The molecule has 0 spiro atoms. The first-order chi connectivity index (χ1) is 23.2. The van der Waals surface area contributed by atoms with Crippen molar-refractivity contribution in [2.24, 2.45) is 29.6 Å². The second-order valence-electron chi connectivity index (χ2n) is 17.0. The number of hydrogen-bond donors (Lipinski definition) is 1. The van der Waals surface area contributed by atoms with Crippen molar-refractivity contribution < 1.29 is 28.5 Å². The highest BCUT2D eigenvalue weighted by atomic mass is 28.4. The first kappa shape index (κ1) is 38.2. The second kappa shape index (κ2) is 16.1. The molecule has 2 aliphatic carbocycles. The number of hydrogen-bond acceptors (Lipinski definition) is 6. The standard InChI is InChI=1S/C42H64O6Si/c1-9-29(2)40(44)46-38-27-32(43)26-31-21-20-30(3)37(39(31)38)23-22-33-28-34(48-42(7,8)47-33)24-25-45-49(41(4,5)6,35-16-12-10-13-17-35)36-18-14-11-15-19-36/h10-19,29-34,37-39,43H,9,20-28H2,1-8H3/t29-,30+,31+,32-,33+,34-,37+,38+,39+/m1/s1. The largest absolute Gasteiger partial charge is 0.462 e. The molecule has 0 radical (unpaired) electrons. The summed E-state index contributed by atoms with van der Waals surface area (Å²) >= 11 is 0. The Kier molecular flexibility index (Phi) is 12.6. The summed E-state index contributed by atoms with van der Waals surface area (Å²) in [6.07, 6.45) is 7.56. The van der Waals surface area contributed by atoms with Gasteiger partial charge in [-0.1, -0.05) is 109 Å². The molecule has 1 aliphatic heterocycles. The minimum absolute atomic E-state index is 0.0394. The Hall–Kier alpha value is -2.03. The Morgan fingerprint density at radius 1 is 0.918 bits per heavy atom. The lowest BCUT2D eigenvalue weighted by Gasteiger charge is -2.50. The lowest BCUT2D eigenvalue weighted by atomic mass is 9.59. The number of ether oxygens (including phenoxy) is 3. The van der Waals surface area contributed by atoms with Crippen LogP contribution in [0, 0.1) is 29.6 Å². The fraction of sp³-hybridized carbons (Fsp3) is 0.690. The number of carbonyl (C=O) groups is 1. The van der Waals surface area contributed by atoms with Crippen LogP contribution in [0.15, 0.2) is 60.7 Å². The van der Waals surface area contributed by atoms with Crippen molar-refractivity contribution in [1.29, 1.82) is 0 Å². The highest BCUT2D eigenvalue weighted by Crippen LogP contribution is 2.50. The highest BCUT2D eigenvalue weighted by Gasteiger charge is 2.51. The summed E-state index contributed by atoms with van der Waals surface area (Å²) in [7, 11) is -2.62. The van der Waals surface area contributed by atoms with Gasteiger partial charge >= 0.3 is 5.97 Å². The van der Waals surface area contributed by atoms with Crippen LogP contribution < -0.4 is 10.4 Å². The zero-order valence-corrected chi connectivity index (χ0v) is 32.5. The normalized spacial score (nSPS) is 31.0. The molecule has 1 heterocycles. The molecule has 0 unspecified atom stereocenters. The molecule has 2 aromatic carbocycles. The van der Waals surface area contributed by atoms with Gasteiger partial charge in [0, 0.05) is 25.4 Å². The fourth-order valence-corrected chi connectivity index (χ4v) is 14.0. The van der Waals surface area contributed by atoms with E-state index in [0.29, 0.717) is 36.7 Å². The van der Waals surface area contributed by atoms with Crippen molar-refractivity contribution in [2.45, 2.75) is 148 Å². The van der Waals surface area contributed by atoms with Gasteiger partial charge in [0.2, 0.25) is 0 Å². The highest BCUT2D eigenvalue weighted by molar-refractivity contribution is 6.99. The van der Waals surface area contributed by atoms with E-state index in [4.69, 9.17) is 18.6 Å². The molecule has 3 aliphatic rings. The molecule has 0 bridgehead atoms. The molecule has 2 aromatic rings. The average molecular weight is 693 g/mol. The maximum atomic E-state index is 12.9. The van der Waals surface area contributed by atoms with E-state index >= 15 is 0 Å². The van der Waals surface area contributed by atoms with E-state index in [1.54, 1.807) is 0 Å². The van der Waals surface area contributed by atoms with E-state index in [1.807, 2.05) is 27.7 Å². The molecule has 1 N–H and O–H groups in total. The summed E-state index contributed by atoms with van der Waals surface area (Å²) in [5.41, 5.74) is 0. The molecule has 1 saturated heterocycles. The van der Waals surface area contributed by atoms with Gasteiger partial charge in [-0.15, -0.1) is 0 Å². The maximum Gasteiger partial charge on any atom is 0.308 e. The summed E-state index contributed by atoms with van der Waals surface area (Å²) in [5, 5.41) is 13.3. The number of aliphatic hydroxyl groups is 1. The van der Waals surface area contributed by atoms with Gasteiger partial charge in [-0.2, -0.15) is 0 Å². The predicted octanol–water partition coefficient (Wildman–Crippen LogP) is 8.03. The Morgan fingerprint density at radius 3 is 2.08 bits per heavy atom. The third-order valence-corrected chi connectivity index (χ3v) is 17.0. The van der Waals surface area contributed by atoms with Crippen LogP contribution in [0.4, 0.5) is 0 Å². The minimum Gasteiger partial charge on any atom is -0.462 e. The van der Waals surface area contributed by atoms with Crippen LogP contribution in [0.3, 0.4) is 0 Å². The number of esters is 1. The number of aliphatic hydroxyl groups excluding tert-OH is 1. The first-order valence-corrected chi connectivity index (χ1v) is 21.1. The topological polar surface area (TPSA) is 74.2 Å². The van der Waals surface area contributed by atoms with Crippen molar-refractivity contribution in [3.05, 3.63) is 60.7 Å². The Morgan fingerprint density at radius 2 is 1.51 bits per heavy atom. The Bertz CT molecular complexity index is 1290. The van der Waals surface area contributed by atoms with Crippen LogP contribution in [0.25, 0.3) is 0 Å². The molecule has 0 aromatic heterocycles. The predicted molar refractivity (Wildman–Crippen MR) is 199 cm³/mol. The first-order valence-electron chi connectivity index (χ1n) is 19.2. The van der Waals surface area contributed by atoms with Crippen LogP contribution >= 0.6 is 0 Å². The molecular weight excluding hydrogens is 629 g/mol. The zero-order chi connectivity index (χ0) is 35.4. The zero-order valence-electron chi connectivity index (χ0n) is 31.5. The van der Waals surface area contributed by atoms with Crippen molar-refractivity contribution >= 4 is 24.7 Å². The van der Waals surface area contributed by atoms with Gasteiger partial charge in [-0.3, -0.25) is 4.79 Å². The minimum atomic E-state index is -2.62. The van der Waals surface area contributed by atoms with E-state index in [-0.39, 0.29) is 35.2 Å². The van der Waals surface area contributed by atoms with Crippen molar-refractivity contribution in [3.63, 3.8) is 0 Å². The van der Waals surface area contributed by atoms with E-state index in [9.17, 15) is 9.90 Å². The van der Waals surface area contributed by atoms with E-state index < -0.39 is 20.2 Å². The smallest absolute Gasteiger partial charge is 0.308 e. The second-order valence-corrected chi connectivity index (χ2v) is 21.3. The van der Waals surface area contributed by atoms with Crippen LogP contribution in [-0.4, -0.2) is 56.2 Å². The lowest BCUT2D eigenvalue weighted by Crippen LogP contribution is -2.66.